The smallest absolute Gasteiger partial charge is 0.284 e. The van der Waals surface area contributed by atoms with Crippen molar-refractivity contribution in [2.45, 2.75) is 18.5 Å². The van der Waals surface area contributed by atoms with Crippen molar-refractivity contribution in [1.82, 2.24) is 10.3 Å². The minimum Gasteiger partial charge on any atom is -0.496 e. The van der Waals surface area contributed by atoms with E-state index in [0.717, 1.165) is 36.5 Å². The number of fused-ring (bicyclic) bond motifs is 2. The van der Waals surface area contributed by atoms with Crippen molar-refractivity contribution in [1.29, 1.82) is 0 Å². The van der Waals surface area contributed by atoms with Crippen molar-refractivity contribution in [3.8, 4) is 17.0 Å². The maximum atomic E-state index is 14.4. The van der Waals surface area contributed by atoms with E-state index in [4.69, 9.17) is 4.74 Å². The second-order valence-electron chi connectivity index (χ2n) is 7.62. The number of carbonyl (C=O) groups excluding carboxylic acids is 1. The summed E-state index contributed by atoms with van der Waals surface area (Å²) in [6.45, 7) is 1.68. The minimum atomic E-state index is -0.485. The first-order chi connectivity index (χ1) is 15.0. The third-order valence-electron chi connectivity index (χ3n) is 5.72. The quantitative estimate of drug-likeness (QED) is 0.628. The van der Waals surface area contributed by atoms with E-state index in [0.29, 0.717) is 29.2 Å². The van der Waals surface area contributed by atoms with Crippen molar-refractivity contribution in [2.24, 2.45) is 0 Å². The molecule has 0 radical (unpaired) electrons. The lowest BCUT2D eigenvalue weighted by atomic mass is 10.1. The molecule has 2 atom stereocenters. The van der Waals surface area contributed by atoms with Gasteiger partial charge in [-0.3, -0.25) is 4.79 Å². The van der Waals surface area contributed by atoms with E-state index in [2.05, 4.69) is 20.5 Å². The Morgan fingerprint density at radius 1 is 1.32 bits per heavy atom. The monoisotopic (exact) mass is 442 g/mol. The molecule has 31 heavy (non-hydrogen) atoms. The molecular weight excluding hydrogens is 422 g/mol. The number of anilines is 2. The predicted molar refractivity (Wildman–Crippen MR) is 116 cm³/mol. The fourth-order valence-corrected chi connectivity index (χ4v) is 5.01. The zero-order valence-electron chi connectivity index (χ0n) is 16.7. The number of thiazole rings is 1. The van der Waals surface area contributed by atoms with Gasteiger partial charge in [0.25, 0.3) is 5.91 Å². The standard InChI is InChI=1S/C22H20F2N4O2S/c1-30-19-4-2-3-15(24)20(19)17-11-31-22(27-17)21(29)26-16-7-12(23)5-6-18(16)28-10-13-8-14(28)9-25-13/h2-7,11,13-14,25H,8-10H2,1H3,(H,26,29)/t13?,14-/m0/s1. The number of benzene rings is 2. The van der Waals surface area contributed by atoms with Gasteiger partial charge in [-0.2, -0.15) is 0 Å². The van der Waals surface area contributed by atoms with Gasteiger partial charge < -0.3 is 20.3 Å². The summed E-state index contributed by atoms with van der Waals surface area (Å²) in [6.07, 6.45) is 1.03. The van der Waals surface area contributed by atoms with Crippen LogP contribution < -0.4 is 20.3 Å². The summed E-state index contributed by atoms with van der Waals surface area (Å²) >= 11 is 1.09. The first-order valence-electron chi connectivity index (χ1n) is 9.93. The summed E-state index contributed by atoms with van der Waals surface area (Å²) in [7, 11) is 1.45. The second-order valence-corrected chi connectivity index (χ2v) is 8.48. The Hall–Kier alpha value is -3.04. The molecule has 0 saturated carbocycles. The molecule has 1 aromatic heterocycles. The van der Waals surface area contributed by atoms with Gasteiger partial charge in [-0.1, -0.05) is 6.07 Å². The Morgan fingerprint density at radius 2 is 2.19 bits per heavy atom. The molecule has 9 heteroatoms. The number of hydrogen-bond donors (Lipinski definition) is 2. The van der Waals surface area contributed by atoms with E-state index < -0.39 is 17.5 Å². The normalized spacial score (nSPS) is 19.6. The lowest BCUT2D eigenvalue weighted by Crippen LogP contribution is -2.44. The first-order valence-corrected chi connectivity index (χ1v) is 10.8. The van der Waals surface area contributed by atoms with Crippen molar-refractivity contribution in [3.63, 3.8) is 0 Å². The van der Waals surface area contributed by atoms with Gasteiger partial charge in [-0.05, 0) is 36.8 Å². The molecular formula is C22H20F2N4O2S. The van der Waals surface area contributed by atoms with E-state index in [1.165, 1.54) is 25.3 Å². The summed E-state index contributed by atoms with van der Waals surface area (Å²) in [6, 6.07) is 9.65. The average Bonchev–Trinajstić information content (AvgIpc) is 3.51. The van der Waals surface area contributed by atoms with Crippen LogP contribution in [0.25, 0.3) is 11.3 Å². The van der Waals surface area contributed by atoms with Crippen molar-refractivity contribution in [2.75, 3.05) is 30.4 Å². The van der Waals surface area contributed by atoms with Gasteiger partial charge in [0.15, 0.2) is 5.01 Å². The molecule has 5 rings (SSSR count). The number of nitrogens with zero attached hydrogens (tertiary/aromatic N) is 2. The zero-order chi connectivity index (χ0) is 21.5. The van der Waals surface area contributed by atoms with Crippen LogP contribution in [-0.4, -0.2) is 43.2 Å². The molecule has 2 saturated heterocycles. The van der Waals surface area contributed by atoms with Crippen molar-refractivity contribution < 1.29 is 18.3 Å². The molecule has 0 spiro atoms. The highest BCUT2D eigenvalue weighted by Crippen LogP contribution is 2.36. The third-order valence-corrected chi connectivity index (χ3v) is 6.56. The molecule has 2 bridgehead atoms. The van der Waals surface area contributed by atoms with Gasteiger partial charge in [0.1, 0.15) is 17.4 Å². The molecule has 2 aliphatic rings. The Balaban J connectivity index is 1.42. The first kappa shape index (κ1) is 19.9. The lowest BCUT2D eigenvalue weighted by molar-refractivity contribution is 0.102. The predicted octanol–water partition coefficient (Wildman–Crippen LogP) is 3.90. The molecule has 0 aliphatic carbocycles. The van der Waals surface area contributed by atoms with Gasteiger partial charge >= 0.3 is 0 Å². The minimum absolute atomic E-state index is 0.153. The molecule has 3 aromatic rings. The van der Waals surface area contributed by atoms with Gasteiger partial charge in [0.05, 0.1) is 29.7 Å². The molecule has 1 unspecified atom stereocenters. The number of amides is 1. The molecule has 1 amide bonds. The number of methoxy groups -OCH3 is 1. The number of hydrogen-bond acceptors (Lipinski definition) is 6. The van der Waals surface area contributed by atoms with E-state index in [9.17, 15) is 13.6 Å². The highest BCUT2D eigenvalue weighted by molar-refractivity contribution is 7.12. The number of piperazine rings is 1. The van der Waals surface area contributed by atoms with Crippen LogP contribution >= 0.6 is 11.3 Å². The van der Waals surface area contributed by atoms with Gasteiger partial charge in [-0.15, -0.1) is 11.3 Å². The number of ether oxygens (including phenoxy) is 1. The van der Waals surface area contributed by atoms with Crippen LogP contribution in [0.4, 0.5) is 20.2 Å². The van der Waals surface area contributed by atoms with Crippen LogP contribution in [0.3, 0.4) is 0 Å². The van der Waals surface area contributed by atoms with Crippen LogP contribution in [-0.2, 0) is 0 Å². The molecule has 2 aliphatic heterocycles. The largest absolute Gasteiger partial charge is 0.496 e. The van der Waals surface area contributed by atoms with E-state index in [1.54, 1.807) is 23.6 Å². The highest BCUT2D eigenvalue weighted by atomic mass is 32.1. The fourth-order valence-electron chi connectivity index (χ4n) is 4.31. The van der Waals surface area contributed by atoms with Gasteiger partial charge in [0.2, 0.25) is 0 Å². The Labute approximate surface area is 181 Å². The van der Waals surface area contributed by atoms with Crippen molar-refractivity contribution >= 4 is 28.6 Å². The summed E-state index contributed by atoms with van der Waals surface area (Å²) in [5.41, 5.74) is 1.70. The van der Waals surface area contributed by atoms with Crippen LogP contribution in [0.1, 0.15) is 16.2 Å². The lowest BCUT2D eigenvalue weighted by Gasteiger charge is -2.31. The average molecular weight is 442 g/mol. The van der Waals surface area contributed by atoms with Crippen LogP contribution in [0.15, 0.2) is 41.8 Å². The molecule has 2 N–H and O–H groups in total. The maximum absolute atomic E-state index is 14.4. The second kappa shape index (κ2) is 7.90. The summed E-state index contributed by atoms with van der Waals surface area (Å²) in [5, 5.41) is 7.98. The summed E-state index contributed by atoms with van der Waals surface area (Å²) in [4.78, 5) is 19.4. The van der Waals surface area contributed by atoms with E-state index >= 15 is 0 Å². The highest BCUT2D eigenvalue weighted by Gasteiger charge is 2.38. The molecule has 3 heterocycles. The number of aromatic nitrogens is 1. The van der Waals surface area contributed by atoms with E-state index in [1.807, 2.05) is 0 Å². The fraction of sp³-hybridized carbons (Fsp3) is 0.273. The molecule has 2 fully saturated rings. The van der Waals surface area contributed by atoms with Crippen molar-refractivity contribution in [3.05, 3.63) is 58.4 Å². The molecule has 2 aromatic carbocycles. The number of rotatable bonds is 5. The number of nitrogens with one attached hydrogen (secondary N) is 2. The van der Waals surface area contributed by atoms with Crippen LogP contribution in [0.2, 0.25) is 0 Å². The number of carbonyl (C=O) groups is 1. The zero-order valence-corrected chi connectivity index (χ0v) is 17.5. The topological polar surface area (TPSA) is 66.5 Å². The Bertz CT molecular complexity index is 1150. The molecule has 6 nitrogen and oxygen atoms in total. The third kappa shape index (κ3) is 3.64. The summed E-state index contributed by atoms with van der Waals surface area (Å²) < 4.78 is 33.6. The summed E-state index contributed by atoms with van der Waals surface area (Å²) in [5.74, 6) is -1.05. The Morgan fingerprint density at radius 3 is 2.94 bits per heavy atom. The van der Waals surface area contributed by atoms with Gasteiger partial charge in [-0.25, -0.2) is 13.8 Å². The van der Waals surface area contributed by atoms with Gasteiger partial charge in [0, 0.05) is 30.6 Å². The number of halogens is 2. The molecule has 160 valence electrons. The Kier molecular flexibility index (Phi) is 5.07. The van der Waals surface area contributed by atoms with Crippen LogP contribution in [0, 0.1) is 11.6 Å². The van der Waals surface area contributed by atoms with E-state index in [-0.39, 0.29) is 10.6 Å². The SMILES string of the molecule is COc1cccc(F)c1-c1csc(C(=O)Nc2cc(F)ccc2N2CC3C[C@H]2CN3)n1. The maximum Gasteiger partial charge on any atom is 0.284 e. The van der Waals surface area contributed by atoms with Crippen LogP contribution in [0.5, 0.6) is 5.75 Å².